The molecule has 1 atom stereocenters. The fraction of sp³-hybridized carbons (Fsp3) is 0.154. The number of ether oxygens (including phenoxy) is 3. The second-order valence-electron chi connectivity index (χ2n) is 7.46. The van der Waals surface area contributed by atoms with Crippen molar-refractivity contribution in [1.29, 1.82) is 0 Å². The van der Waals surface area contributed by atoms with Crippen LogP contribution in [0.1, 0.15) is 33.7 Å². The summed E-state index contributed by atoms with van der Waals surface area (Å²) in [4.78, 5) is 30.0. The van der Waals surface area contributed by atoms with Crippen LogP contribution in [0.3, 0.4) is 0 Å². The zero-order valence-electron chi connectivity index (χ0n) is 19.1. The minimum absolute atomic E-state index is 0.127. The molecule has 0 saturated carbocycles. The number of aromatic nitrogens is 2. The number of nitrogens with one attached hydrogen (secondary N) is 1. The van der Waals surface area contributed by atoms with Gasteiger partial charge in [-0.3, -0.25) is 4.79 Å². The lowest BCUT2D eigenvalue weighted by atomic mass is 10.1. The standard InChI is InChI=1S/C26H23N3O6/c1-17-27-23(29-35-17)16-33-21-13-11-19(12-14-21)26(31)34-24(18-7-4-3-5-8-18)25(30)28-20-9-6-10-22(15-20)32-2/h3-15,24H,16H2,1-2H3,(H,28,30). The summed E-state index contributed by atoms with van der Waals surface area (Å²) in [6.45, 7) is 1.82. The van der Waals surface area contributed by atoms with Crippen LogP contribution in [0.25, 0.3) is 0 Å². The van der Waals surface area contributed by atoms with Crippen molar-refractivity contribution < 1.29 is 28.3 Å². The Morgan fingerprint density at radius 1 is 0.971 bits per heavy atom. The van der Waals surface area contributed by atoms with Crippen molar-refractivity contribution in [3.8, 4) is 11.5 Å². The van der Waals surface area contributed by atoms with Gasteiger partial charge in [-0.1, -0.05) is 41.6 Å². The predicted octanol–water partition coefficient (Wildman–Crippen LogP) is 4.50. The van der Waals surface area contributed by atoms with Crippen LogP contribution in [0.2, 0.25) is 0 Å². The maximum absolute atomic E-state index is 13.1. The molecule has 0 spiro atoms. The Balaban J connectivity index is 1.45. The average molecular weight is 473 g/mol. The summed E-state index contributed by atoms with van der Waals surface area (Å²) in [5.74, 6) is 0.823. The van der Waals surface area contributed by atoms with Gasteiger partial charge in [0.25, 0.3) is 5.91 Å². The van der Waals surface area contributed by atoms with E-state index in [9.17, 15) is 9.59 Å². The molecule has 1 unspecified atom stereocenters. The van der Waals surface area contributed by atoms with E-state index in [0.29, 0.717) is 34.5 Å². The van der Waals surface area contributed by atoms with E-state index in [2.05, 4.69) is 15.5 Å². The molecule has 9 heteroatoms. The van der Waals surface area contributed by atoms with Crippen LogP contribution in [0.5, 0.6) is 11.5 Å². The quantitative estimate of drug-likeness (QED) is 0.354. The average Bonchev–Trinajstić information content (AvgIpc) is 3.31. The van der Waals surface area contributed by atoms with Gasteiger partial charge in [0, 0.05) is 24.2 Å². The molecule has 9 nitrogen and oxygen atoms in total. The van der Waals surface area contributed by atoms with Gasteiger partial charge in [-0.25, -0.2) is 4.79 Å². The number of anilines is 1. The van der Waals surface area contributed by atoms with Gasteiger partial charge in [-0.2, -0.15) is 4.98 Å². The fourth-order valence-electron chi connectivity index (χ4n) is 3.22. The van der Waals surface area contributed by atoms with Crippen molar-refractivity contribution in [2.24, 2.45) is 0 Å². The Morgan fingerprint density at radius 3 is 2.43 bits per heavy atom. The topological polar surface area (TPSA) is 113 Å². The second kappa shape index (κ2) is 11.0. The molecule has 0 aliphatic rings. The Kier molecular flexibility index (Phi) is 7.37. The normalized spacial score (nSPS) is 11.4. The first kappa shape index (κ1) is 23.5. The van der Waals surface area contributed by atoms with Gasteiger partial charge in [0.15, 0.2) is 6.61 Å². The van der Waals surface area contributed by atoms with Crippen LogP contribution in [-0.2, 0) is 16.1 Å². The summed E-state index contributed by atoms with van der Waals surface area (Å²) < 4.78 is 21.3. The Labute approximate surface area is 201 Å². The van der Waals surface area contributed by atoms with E-state index in [1.54, 1.807) is 79.7 Å². The molecule has 1 N–H and O–H groups in total. The van der Waals surface area contributed by atoms with Gasteiger partial charge >= 0.3 is 5.97 Å². The van der Waals surface area contributed by atoms with Crippen LogP contribution < -0.4 is 14.8 Å². The highest BCUT2D eigenvalue weighted by molar-refractivity contribution is 5.98. The second-order valence-corrected chi connectivity index (χ2v) is 7.46. The summed E-state index contributed by atoms with van der Waals surface area (Å²) in [5, 5.41) is 6.54. The zero-order valence-corrected chi connectivity index (χ0v) is 19.1. The first-order valence-corrected chi connectivity index (χ1v) is 10.7. The molecule has 178 valence electrons. The monoisotopic (exact) mass is 473 g/mol. The van der Waals surface area contributed by atoms with Crippen LogP contribution in [0.15, 0.2) is 83.4 Å². The van der Waals surface area contributed by atoms with Crippen molar-refractivity contribution in [3.05, 3.63) is 102 Å². The van der Waals surface area contributed by atoms with Gasteiger partial charge in [-0.05, 0) is 36.4 Å². The molecular formula is C26H23N3O6. The van der Waals surface area contributed by atoms with E-state index in [-0.39, 0.29) is 12.2 Å². The van der Waals surface area contributed by atoms with Crippen molar-refractivity contribution in [2.45, 2.75) is 19.6 Å². The van der Waals surface area contributed by atoms with Gasteiger partial charge in [0.05, 0.1) is 12.7 Å². The number of esters is 1. The third-order valence-electron chi connectivity index (χ3n) is 4.93. The Hall–Kier alpha value is -4.66. The number of rotatable bonds is 9. The molecular weight excluding hydrogens is 450 g/mol. The lowest BCUT2D eigenvalue weighted by molar-refractivity contribution is -0.125. The molecule has 3 aromatic carbocycles. The third kappa shape index (κ3) is 6.23. The molecule has 1 heterocycles. The molecule has 1 amide bonds. The lowest BCUT2D eigenvalue weighted by Gasteiger charge is -2.18. The van der Waals surface area contributed by atoms with Crippen molar-refractivity contribution >= 4 is 17.6 Å². The van der Waals surface area contributed by atoms with E-state index < -0.39 is 18.0 Å². The molecule has 0 fully saturated rings. The summed E-state index contributed by atoms with van der Waals surface area (Å²) in [5.41, 5.74) is 1.32. The molecule has 4 aromatic rings. The van der Waals surface area contributed by atoms with E-state index in [4.69, 9.17) is 18.7 Å². The molecule has 0 aliphatic carbocycles. The molecule has 1 aromatic heterocycles. The van der Waals surface area contributed by atoms with Crippen LogP contribution in [0.4, 0.5) is 5.69 Å². The molecule has 0 radical (unpaired) electrons. The number of amides is 1. The van der Waals surface area contributed by atoms with Crippen molar-refractivity contribution in [1.82, 2.24) is 10.1 Å². The highest BCUT2D eigenvalue weighted by Crippen LogP contribution is 2.24. The summed E-state index contributed by atoms with van der Waals surface area (Å²) in [6, 6.07) is 22.1. The summed E-state index contributed by atoms with van der Waals surface area (Å²) in [6.07, 6.45) is -1.16. The molecule has 4 rings (SSSR count). The number of carbonyl (C=O) groups is 2. The minimum atomic E-state index is -1.16. The first-order chi connectivity index (χ1) is 17.0. The Morgan fingerprint density at radius 2 is 1.74 bits per heavy atom. The number of nitrogens with zero attached hydrogens (tertiary/aromatic N) is 2. The Bertz CT molecular complexity index is 1290. The minimum Gasteiger partial charge on any atom is -0.497 e. The zero-order chi connectivity index (χ0) is 24.6. The number of methoxy groups -OCH3 is 1. The number of hydrogen-bond acceptors (Lipinski definition) is 8. The molecule has 0 bridgehead atoms. The van der Waals surface area contributed by atoms with E-state index in [1.807, 2.05) is 6.07 Å². The van der Waals surface area contributed by atoms with E-state index >= 15 is 0 Å². The number of carbonyl (C=O) groups excluding carboxylic acids is 2. The number of benzene rings is 3. The lowest BCUT2D eigenvalue weighted by Crippen LogP contribution is -2.26. The maximum Gasteiger partial charge on any atom is 0.339 e. The fourth-order valence-corrected chi connectivity index (χ4v) is 3.22. The number of aryl methyl sites for hydroxylation is 1. The van der Waals surface area contributed by atoms with Crippen molar-refractivity contribution in [3.63, 3.8) is 0 Å². The largest absolute Gasteiger partial charge is 0.497 e. The molecule has 0 saturated heterocycles. The molecule has 0 aliphatic heterocycles. The van der Waals surface area contributed by atoms with Gasteiger partial charge < -0.3 is 24.1 Å². The maximum atomic E-state index is 13.1. The number of hydrogen-bond donors (Lipinski definition) is 1. The predicted molar refractivity (Wildman–Crippen MR) is 126 cm³/mol. The van der Waals surface area contributed by atoms with Crippen LogP contribution in [-0.4, -0.2) is 29.1 Å². The van der Waals surface area contributed by atoms with Gasteiger partial charge in [0.1, 0.15) is 11.5 Å². The van der Waals surface area contributed by atoms with Gasteiger partial charge in [0.2, 0.25) is 17.8 Å². The first-order valence-electron chi connectivity index (χ1n) is 10.7. The van der Waals surface area contributed by atoms with Crippen molar-refractivity contribution in [2.75, 3.05) is 12.4 Å². The van der Waals surface area contributed by atoms with Gasteiger partial charge in [-0.15, -0.1) is 0 Å². The summed E-state index contributed by atoms with van der Waals surface area (Å²) in [7, 11) is 1.54. The van der Waals surface area contributed by atoms with Crippen LogP contribution >= 0.6 is 0 Å². The summed E-state index contributed by atoms with van der Waals surface area (Å²) >= 11 is 0. The SMILES string of the molecule is COc1cccc(NC(=O)C(OC(=O)c2ccc(OCc3noc(C)n3)cc2)c2ccccc2)c1. The smallest absolute Gasteiger partial charge is 0.339 e. The van der Waals surface area contributed by atoms with E-state index in [0.717, 1.165) is 0 Å². The highest BCUT2D eigenvalue weighted by Gasteiger charge is 2.26. The highest BCUT2D eigenvalue weighted by atomic mass is 16.5. The van der Waals surface area contributed by atoms with Crippen LogP contribution in [0, 0.1) is 6.92 Å². The van der Waals surface area contributed by atoms with E-state index in [1.165, 1.54) is 7.11 Å². The molecule has 35 heavy (non-hydrogen) atoms. The third-order valence-corrected chi connectivity index (χ3v) is 4.93.